The number of anilines is 1. The molecule has 5 heteroatoms. The molecule has 1 N–H and O–H groups in total. The first-order valence-electron chi connectivity index (χ1n) is 7.55. The molecule has 0 aliphatic heterocycles. The van der Waals surface area contributed by atoms with Gasteiger partial charge in [-0.1, -0.05) is 18.2 Å². The van der Waals surface area contributed by atoms with Crippen LogP contribution in [0.1, 0.15) is 25.7 Å². The molecule has 5 nitrogen and oxygen atoms in total. The third kappa shape index (κ3) is 3.17. The fourth-order valence-electron chi connectivity index (χ4n) is 2.97. The maximum absolute atomic E-state index is 12.3. The Hall–Kier alpha value is -2.61. The molecule has 0 unspecified atom stereocenters. The van der Waals surface area contributed by atoms with E-state index in [1.165, 1.54) is 0 Å². The first-order chi connectivity index (χ1) is 10.8. The zero-order valence-corrected chi connectivity index (χ0v) is 12.3. The third-order valence-electron chi connectivity index (χ3n) is 4.15. The Balaban J connectivity index is 1.61. The van der Waals surface area contributed by atoms with Crippen molar-refractivity contribution < 1.29 is 4.79 Å². The lowest BCUT2D eigenvalue weighted by molar-refractivity contribution is -0.119. The lowest BCUT2D eigenvalue weighted by atomic mass is 10.0. The molecule has 0 spiro atoms. The summed E-state index contributed by atoms with van der Waals surface area (Å²) in [6, 6.07) is 13.8. The predicted octanol–water partition coefficient (Wildman–Crippen LogP) is 3.14. The number of nitrogens with zero attached hydrogens (tertiary/aromatic N) is 3. The van der Waals surface area contributed by atoms with Crippen LogP contribution in [-0.2, 0) is 4.79 Å². The van der Waals surface area contributed by atoms with E-state index in [0.717, 1.165) is 24.9 Å². The van der Waals surface area contributed by atoms with Crippen LogP contribution < -0.4 is 5.32 Å². The summed E-state index contributed by atoms with van der Waals surface area (Å²) < 4.78 is 1.74. The Bertz CT molecular complexity index is 686. The normalized spacial score (nSPS) is 20.5. The molecule has 0 radical (unpaired) electrons. The van der Waals surface area contributed by atoms with Crippen LogP contribution in [0.3, 0.4) is 0 Å². The lowest BCUT2D eigenvalue weighted by Crippen LogP contribution is -2.21. The Morgan fingerprint density at radius 3 is 2.91 bits per heavy atom. The maximum Gasteiger partial charge on any atom is 0.228 e. The molecule has 1 saturated carbocycles. The summed E-state index contributed by atoms with van der Waals surface area (Å²) in [5.74, 6) is 0.944. The standard InChI is InChI=1S/C17H18N4O/c18-10-8-13-6-7-14(12-13)17(22)19-16-9-11-21(20-16)15-4-2-1-3-5-15/h1-5,9,11,13-14H,6-8,12H2,(H,19,20,22)/t13-,14+/m1/s1. The van der Waals surface area contributed by atoms with Crippen molar-refractivity contribution in [1.29, 1.82) is 5.26 Å². The molecule has 0 saturated heterocycles. The van der Waals surface area contributed by atoms with Gasteiger partial charge in [0.1, 0.15) is 0 Å². The molecular weight excluding hydrogens is 276 g/mol. The highest BCUT2D eigenvalue weighted by atomic mass is 16.2. The summed E-state index contributed by atoms with van der Waals surface area (Å²) in [7, 11) is 0. The van der Waals surface area contributed by atoms with Crippen molar-refractivity contribution in [1.82, 2.24) is 9.78 Å². The van der Waals surface area contributed by atoms with E-state index in [1.807, 2.05) is 36.5 Å². The summed E-state index contributed by atoms with van der Waals surface area (Å²) in [6.45, 7) is 0. The van der Waals surface area contributed by atoms with Crippen LogP contribution in [0.4, 0.5) is 5.82 Å². The number of para-hydroxylation sites is 1. The smallest absolute Gasteiger partial charge is 0.228 e. The molecule has 0 bridgehead atoms. The predicted molar refractivity (Wildman–Crippen MR) is 83.3 cm³/mol. The van der Waals surface area contributed by atoms with E-state index in [4.69, 9.17) is 5.26 Å². The minimum atomic E-state index is 0.000209. The first kappa shape index (κ1) is 14.3. The summed E-state index contributed by atoms with van der Waals surface area (Å²) in [4.78, 5) is 12.3. The maximum atomic E-state index is 12.3. The summed E-state index contributed by atoms with van der Waals surface area (Å²) in [5, 5.41) is 16.0. The summed E-state index contributed by atoms with van der Waals surface area (Å²) in [6.07, 6.45) is 5.00. The van der Waals surface area contributed by atoms with Crippen LogP contribution in [0, 0.1) is 23.2 Å². The van der Waals surface area contributed by atoms with E-state index < -0.39 is 0 Å². The zero-order valence-electron chi connectivity index (χ0n) is 12.3. The van der Waals surface area contributed by atoms with Crippen molar-refractivity contribution in [3.63, 3.8) is 0 Å². The summed E-state index contributed by atoms with van der Waals surface area (Å²) in [5.41, 5.74) is 0.956. The Morgan fingerprint density at radius 1 is 1.32 bits per heavy atom. The number of rotatable bonds is 4. The van der Waals surface area contributed by atoms with Gasteiger partial charge in [-0.2, -0.15) is 10.4 Å². The van der Waals surface area contributed by atoms with Gasteiger partial charge in [0.05, 0.1) is 11.8 Å². The van der Waals surface area contributed by atoms with E-state index >= 15 is 0 Å². The molecule has 2 atom stereocenters. The van der Waals surface area contributed by atoms with Gasteiger partial charge in [0.15, 0.2) is 5.82 Å². The first-order valence-corrected chi connectivity index (χ1v) is 7.55. The molecule has 1 fully saturated rings. The summed E-state index contributed by atoms with van der Waals surface area (Å²) >= 11 is 0. The number of hydrogen-bond donors (Lipinski definition) is 1. The van der Waals surface area contributed by atoms with E-state index in [-0.39, 0.29) is 11.8 Å². The second kappa shape index (κ2) is 6.44. The van der Waals surface area contributed by atoms with E-state index in [2.05, 4.69) is 16.5 Å². The molecule has 1 heterocycles. The van der Waals surface area contributed by atoms with Crippen LogP contribution in [0.15, 0.2) is 42.6 Å². The second-order valence-electron chi connectivity index (χ2n) is 5.71. The van der Waals surface area contributed by atoms with Crippen molar-refractivity contribution in [3.05, 3.63) is 42.6 Å². The quantitative estimate of drug-likeness (QED) is 0.941. The molecule has 1 aromatic carbocycles. The molecule has 2 aromatic rings. The van der Waals surface area contributed by atoms with Gasteiger partial charge < -0.3 is 5.32 Å². The fourth-order valence-corrected chi connectivity index (χ4v) is 2.97. The van der Waals surface area contributed by atoms with Gasteiger partial charge in [0, 0.05) is 24.6 Å². The Kier molecular flexibility index (Phi) is 4.19. The number of amides is 1. The van der Waals surface area contributed by atoms with Crippen LogP contribution in [-0.4, -0.2) is 15.7 Å². The van der Waals surface area contributed by atoms with Crippen molar-refractivity contribution in [3.8, 4) is 11.8 Å². The lowest BCUT2D eigenvalue weighted by Gasteiger charge is -2.09. The van der Waals surface area contributed by atoms with Crippen molar-refractivity contribution >= 4 is 11.7 Å². The average molecular weight is 294 g/mol. The number of carbonyl (C=O) groups excluding carboxylic acids is 1. The minimum absolute atomic E-state index is 0.000209. The number of nitrogens with one attached hydrogen (secondary N) is 1. The van der Waals surface area contributed by atoms with Crippen LogP contribution in [0.2, 0.25) is 0 Å². The third-order valence-corrected chi connectivity index (χ3v) is 4.15. The fraction of sp³-hybridized carbons (Fsp3) is 0.353. The number of hydrogen-bond acceptors (Lipinski definition) is 3. The highest BCUT2D eigenvalue weighted by molar-refractivity contribution is 5.91. The van der Waals surface area contributed by atoms with Gasteiger partial charge in [-0.3, -0.25) is 4.79 Å². The molecule has 1 aliphatic rings. The number of aromatic nitrogens is 2. The molecule has 22 heavy (non-hydrogen) atoms. The van der Waals surface area contributed by atoms with Gasteiger partial charge in [-0.15, -0.1) is 0 Å². The molecule has 1 aliphatic carbocycles. The average Bonchev–Trinajstić information content (AvgIpc) is 3.18. The molecule has 1 aromatic heterocycles. The minimum Gasteiger partial charge on any atom is -0.309 e. The van der Waals surface area contributed by atoms with Crippen molar-refractivity contribution in [2.75, 3.05) is 5.32 Å². The van der Waals surface area contributed by atoms with Gasteiger partial charge in [-0.25, -0.2) is 4.68 Å². The van der Waals surface area contributed by atoms with E-state index in [9.17, 15) is 4.79 Å². The van der Waals surface area contributed by atoms with Gasteiger partial charge in [-0.05, 0) is 37.3 Å². The monoisotopic (exact) mass is 294 g/mol. The van der Waals surface area contributed by atoms with Crippen molar-refractivity contribution in [2.24, 2.45) is 11.8 Å². The van der Waals surface area contributed by atoms with Crippen LogP contribution in [0.5, 0.6) is 0 Å². The van der Waals surface area contributed by atoms with E-state index in [1.54, 1.807) is 10.7 Å². The van der Waals surface area contributed by atoms with Gasteiger partial charge >= 0.3 is 0 Å². The highest BCUT2D eigenvalue weighted by Gasteiger charge is 2.29. The molecule has 112 valence electrons. The Morgan fingerprint density at radius 2 is 2.14 bits per heavy atom. The van der Waals surface area contributed by atoms with Gasteiger partial charge in [0.2, 0.25) is 5.91 Å². The van der Waals surface area contributed by atoms with Crippen LogP contribution >= 0.6 is 0 Å². The highest BCUT2D eigenvalue weighted by Crippen LogP contribution is 2.33. The number of nitriles is 1. The Labute approximate surface area is 129 Å². The van der Waals surface area contributed by atoms with Crippen LogP contribution in [0.25, 0.3) is 5.69 Å². The molecule has 3 rings (SSSR count). The SMILES string of the molecule is N#CC[C@H]1CC[C@H](C(=O)Nc2ccn(-c3ccccc3)n2)C1. The molecule has 1 amide bonds. The topological polar surface area (TPSA) is 70.7 Å². The molecular formula is C17H18N4O. The van der Waals surface area contributed by atoms with Crippen molar-refractivity contribution in [2.45, 2.75) is 25.7 Å². The number of carbonyl (C=O) groups is 1. The largest absolute Gasteiger partial charge is 0.309 e. The number of benzene rings is 1. The van der Waals surface area contributed by atoms with E-state index in [0.29, 0.717) is 18.2 Å². The second-order valence-corrected chi connectivity index (χ2v) is 5.71. The van der Waals surface area contributed by atoms with Gasteiger partial charge in [0.25, 0.3) is 0 Å². The zero-order chi connectivity index (χ0) is 15.4.